The van der Waals surface area contributed by atoms with Gasteiger partial charge in [-0.1, -0.05) is 19.1 Å². The van der Waals surface area contributed by atoms with Crippen molar-refractivity contribution >= 4 is 21.7 Å². The number of nitrogens with zero attached hydrogens (tertiary/aromatic N) is 2. The Morgan fingerprint density at radius 3 is 2.59 bits per heavy atom. The van der Waals surface area contributed by atoms with Crippen molar-refractivity contribution < 1.29 is 18.0 Å². The van der Waals surface area contributed by atoms with Gasteiger partial charge in [-0.05, 0) is 23.8 Å². The molecule has 1 aliphatic heterocycles. The number of benzene rings is 1. The number of hydrogen-bond acceptors (Lipinski definition) is 5. The summed E-state index contributed by atoms with van der Waals surface area (Å²) in [4.78, 5) is 24.3. The molecule has 27 heavy (non-hydrogen) atoms. The molecule has 1 saturated heterocycles. The molecule has 1 aromatic carbocycles. The number of aromatic nitrogens is 2. The van der Waals surface area contributed by atoms with Crippen molar-refractivity contribution in [2.45, 2.75) is 32.0 Å². The minimum atomic E-state index is -3.31. The fourth-order valence-corrected chi connectivity index (χ4v) is 4.95. The van der Waals surface area contributed by atoms with Gasteiger partial charge in [-0.3, -0.25) is 14.3 Å². The number of carbonyl (C=O) groups excluding carboxylic acids is 2. The Morgan fingerprint density at radius 1 is 1.19 bits per heavy atom. The van der Waals surface area contributed by atoms with Crippen molar-refractivity contribution in [1.82, 2.24) is 20.4 Å². The highest BCUT2D eigenvalue weighted by atomic mass is 32.2. The van der Waals surface area contributed by atoms with Crippen LogP contribution in [0.5, 0.6) is 0 Å². The molecule has 0 unspecified atom stereocenters. The fourth-order valence-electron chi connectivity index (χ4n) is 3.08. The van der Waals surface area contributed by atoms with Crippen LogP contribution in [0.3, 0.4) is 0 Å². The molecule has 2 amide bonds. The summed E-state index contributed by atoms with van der Waals surface area (Å²) in [5.41, 5.74) is 1.34. The van der Waals surface area contributed by atoms with E-state index in [0.29, 0.717) is 12.1 Å². The third-order valence-electron chi connectivity index (χ3n) is 4.43. The van der Waals surface area contributed by atoms with E-state index in [-0.39, 0.29) is 29.7 Å². The van der Waals surface area contributed by atoms with Crippen LogP contribution in [0.15, 0.2) is 42.7 Å². The second kappa shape index (κ2) is 7.91. The Kier molecular flexibility index (Phi) is 5.59. The highest BCUT2D eigenvalue weighted by molar-refractivity contribution is 7.91. The minimum absolute atomic E-state index is 0.164. The fraction of sp³-hybridized carbons (Fsp3) is 0.389. The Bertz CT molecular complexity index is 925. The van der Waals surface area contributed by atoms with Crippen LogP contribution in [0.4, 0.5) is 0 Å². The predicted molar refractivity (Wildman–Crippen MR) is 99.9 cm³/mol. The van der Waals surface area contributed by atoms with E-state index in [9.17, 15) is 18.0 Å². The maximum absolute atomic E-state index is 12.6. The number of sulfone groups is 1. The molecule has 1 aliphatic rings. The molecule has 144 valence electrons. The lowest BCUT2D eigenvalue weighted by atomic mass is 10.1. The van der Waals surface area contributed by atoms with E-state index >= 15 is 0 Å². The van der Waals surface area contributed by atoms with Crippen LogP contribution < -0.4 is 10.6 Å². The molecule has 0 saturated carbocycles. The molecule has 1 aromatic heterocycles. The molecule has 8 nitrogen and oxygen atoms in total. The van der Waals surface area contributed by atoms with Gasteiger partial charge in [0.05, 0.1) is 30.1 Å². The van der Waals surface area contributed by atoms with E-state index in [1.807, 2.05) is 18.3 Å². The Morgan fingerprint density at radius 2 is 1.93 bits per heavy atom. The molecule has 3 rings (SSSR count). The van der Waals surface area contributed by atoms with Gasteiger partial charge in [0.25, 0.3) is 5.91 Å². The third-order valence-corrected chi connectivity index (χ3v) is 6.16. The first-order chi connectivity index (χ1) is 12.9. The van der Waals surface area contributed by atoms with Crippen molar-refractivity contribution in [3.05, 3.63) is 53.9 Å². The molecule has 2 aromatic rings. The quantitative estimate of drug-likeness (QED) is 0.740. The highest BCUT2D eigenvalue weighted by Gasteiger charge is 2.39. The standard InChI is InChI=1S/C18H22N4O4S/c1-2-17(23)20-15-11-27(25,26)12-16(15)21-18(24)14-6-3-5-13(9-14)10-22-8-4-7-19-22/h3-9,15-16H,2,10-12H2,1H3,(H,20,23)(H,21,24)/t15-,16+/m0/s1. The van der Waals surface area contributed by atoms with Crippen molar-refractivity contribution in [2.75, 3.05) is 11.5 Å². The molecule has 0 bridgehead atoms. The maximum atomic E-state index is 12.6. The molecule has 1 fully saturated rings. The van der Waals surface area contributed by atoms with E-state index in [4.69, 9.17) is 0 Å². The Balaban J connectivity index is 1.71. The van der Waals surface area contributed by atoms with Crippen molar-refractivity contribution in [2.24, 2.45) is 0 Å². The predicted octanol–water partition coefficient (Wildman–Crippen LogP) is 0.353. The number of carbonyl (C=O) groups is 2. The van der Waals surface area contributed by atoms with Gasteiger partial charge in [0.1, 0.15) is 0 Å². The average molecular weight is 390 g/mol. The molecule has 2 atom stereocenters. The van der Waals surface area contributed by atoms with Crippen molar-refractivity contribution in [3.63, 3.8) is 0 Å². The first-order valence-electron chi connectivity index (χ1n) is 8.73. The van der Waals surface area contributed by atoms with Gasteiger partial charge in [0.2, 0.25) is 5.91 Å². The topological polar surface area (TPSA) is 110 Å². The van der Waals surface area contributed by atoms with E-state index in [1.165, 1.54) is 0 Å². The molecule has 2 N–H and O–H groups in total. The Labute approximate surface area is 157 Å². The third kappa shape index (κ3) is 4.94. The van der Waals surface area contributed by atoms with Crippen LogP contribution in [-0.4, -0.2) is 53.6 Å². The lowest BCUT2D eigenvalue weighted by molar-refractivity contribution is -0.121. The zero-order chi connectivity index (χ0) is 19.4. The summed E-state index contributed by atoms with van der Waals surface area (Å²) < 4.78 is 25.7. The van der Waals surface area contributed by atoms with Gasteiger partial charge in [-0.15, -0.1) is 0 Å². The van der Waals surface area contributed by atoms with Crippen molar-refractivity contribution in [1.29, 1.82) is 0 Å². The zero-order valence-corrected chi connectivity index (χ0v) is 15.8. The van der Waals surface area contributed by atoms with Crippen LogP contribution in [0.25, 0.3) is 0 Å². The average Bonchev–Trinajstić information content (AvgIpc) is 3.22. The molecule has 0 radical (unpaired) electrons. The Hall–Kier alpha value is -2.68. The normalized spacial score (nSPS) is 20.9. The lowest BCUT2D eigenvalue weighted by Crippen LogP contribution is -2.50. The summed E-state index contributed by atoms with van der Waals surface area (Å²) in [7, 11) is -3.31. The second-order valence-corrected chi connectivity index (χ2v) is 8.74. The lowest BCUT2D eigenvalue weighted by Gasteiger charge is -2.20. The first-order valence-corrected chi connectivity index (χ1v) is 10.6. The van der Waals surface area contributed by atoms with Crippen LogP contribution in [0, 0.1) is 0 Å². The van der Waals surface area contributed by atoms with Crippen LogP contribution in [-0.2, 0) is 21.2 Å². The van der Waals surface area contributed by atoms with Gasteiger partial charge in [0, 0.05) is 24.4 Å². The van der Waals surface area contributed by atoms with Crippen LogP contribution >= 0.6 is 0 Å². The van der Waals surface area contributed by atoms with Crippen LogP contribution in [0.2, 0.25) is 0 Å². The number of hydrogen-bond donors (Lipinski definition) is 2. The number of rotatable bonds is 6. The molecular formula is C18H22N4O4S. The van der Waals surface area contributed by atoms with Crippen LogP contribution in [0.1, 0.15) is 29.3 Å². The molecular weight excluding hydrogens is 368 g/mol. The summed E-state index contributed by atoms with van der Waals surface area (Å²) >= 11 is 0. The molecule has 2 heterocycles. The van der Waals surface area contributed by atoms with E-state index in [0.717, 1.165) is 5.56 Å². The van der Waals surface area contributed by atoms with Gasteiger partial charge in [0.15, 0.2) is 9.84 Å². The van der Waals surface area contributed by atoms with Gasteiger partial charge in [-0.2, -0.15) is 5.10 Å². The smallest absolute Gasteiger partial charge is 0.251 e. The SMILES string of the molecule is CCC(=O)N[C@H]1CS(=O)(=O)C[C@H]1NC(=O)c1cccc(Cn2cccn2)c1. The van der Waals surface area contributed by atoms with Gasteiger partial charge < -0.3 is 10.6 Å². The van der Waals surface area contributed by atoms with E-state index < -0.39 is 21.9 Å². The van der Waals surface area contributed by atoms with E-state index in [1.54, 1.807) is 36.0 Å². The molecule has 0 spiro atoms. The van der Waals surface area contributed by atoms with Gasteiger partial charge in [-0.25, -0.2) is 8.42 Å². The first kappa shape index (κ1) is 19.1. The summed E-state index contributed by atoms with van der Waals surface area (Å²) in [5.74, 6) is -0.948. The zero-order valence-electron chi connectivity index (χ0n) is 15.0. The monoisotopic (exact) mass is 390 g/mol. The molecule has 0 aliphatic carbocycles. The largest absolute Gasteiger partial charge is 0.350 e. The number of nitrogens with one attached hydrogen (secondary N) is 2. The molecule has 9 heteroatoms. The summed E-state index contributed by atoms with van der Waals surface area (Å²) in [5, 5.41) is 9.59. The summed E-state index contributed by atoms with van der Waals surface area (Å²) in [6, 6.07) is 7.65. The van der Waals surface area contributed by atoms with Crippen molar-refractivity contribution in [3.8, 4) is 0 Å². The van der Waals surface area contributed by atoms with E-state index in [2.05, 4.69) is 15.7 Å². The van der Waals surface area contributed by atoms with Gasteiger partial charge >= 0.3 is 0 Å². The summed E-state index contributed by atoms with van der Waals surface area (Å²) in [6.45, 7) is 2.22. The highest BCUT2D eigenvalue weighted by Crippen LogP contribution is 2.15. The summed E-state index contributed by atoms with van der Waals surface area (Å²) in [6.07, 6.45) is 3.77. The minimum Gasteiger partial charge on any atom is -0.350 e. The second-order valence-electron chi connectivity index (χ2n) is 6.59. The number of amides is 2. The maximum Gasteiger partial charge on any atom is 0.251 e.